The van der Waals surface area contributed by atoms with Crippen molar-refractivity contribution in [1.29, 1.82) is 0 Å². The number of likely N-dealkylation sites (N-methyl/N-ethyl adjacent to an activating group) is 1. The molecule has 0 fully saturated rings. The second kappa shape index (κ2) is 7.37. The molecule has 2 aromatic rings. The molecule has 0 saturated heterocycles. The number of aromatic nitrogens is 1. The lowest BCUT2D eigenvalue weighted by atomic mass is 10.1. The molecule has 0 spiro atoms. The number of nitrogens with one attached hydrogen (secondary N) is 2. The normalized spacial score (nSPS) is 10.3. The molecule has 0 aliphatic heterocycles. The third-order valence-electron chi connectivity index (χ3n) is 3.06. The zero-order chi connectivity index (χ0) is 15.9. The highest BCUT2D eigenvalue weighted by Crippen LogP contribution is 2.21. The van der Waals surface area contributed by atoms with Gasteiger partial charge in [0.05, 0.1) is 0 Å². The maximum absolute atomic E-state index is 11.7. The van der Waals surface area contributed by atoms with Gasteiger partial charge < -0.3 is 15.2 Å². The van der Waals surface area contributed by atoms with Crippen molar-refractivity contribution in [3.8, 4) is 11.3 Å². The lowest BCUT2D eigenvalue weighted by Gasteiger charge is -2.00. The first-order valence-corrected chi connectivity index (χ1v) is 6.94. The summed E-state index contributed by atoms with van der Waals surface area (Å²) >= 11 is 0. The van der Waals surface area contributed by atoms with E-state index in [0.29, 0.717) is 5.69 Å². The summed E-state index contributed by atoms with van der Waals surface area (Å²) in [7, 11) is 1.55. The van der Waals surface area contributed by atoms with Crippen LogP contribution in [0.25, 0.3) is 11.3 Å². The SMILES string of the molecule is CNC(=O)C[NH2+]CC(=O)Nc1cc(-c2ccc(C)cc2)no1. The van der Waals surface area contributed by atoms with Crippen LogP contribution in [0.3, 0.4) is 0 Å². The summed E-state index contributed by atoms with van der Waals surface area (Å²) in [5.74, 6) is -0.0986. The molecule has 1 aromatic carbocycles. The predicted molar refractivity (Wildman–Crippen MR) is 81.0 cm³/mol. The van der Waals surface area contributed by atoms with Gasteiger partial charge in [-0.25, -0.2) is 0 Å². The van der Waals surface area contributed by atoms with E-state index in [9.17, 15) is 9.59 Å². The van der Waals surface area contributed by atoms with Crippen LogP contribution in [0.1, 0.15) is 5.56 Å². The van der Waals surface area contributed by atoms with E-state index in [-0.39, 0.29) is 30.8 Å². The smallest absolute Gasteiger partial charge is 0.281 e. The predicted octanol–water partition coefficient (Wildman–Crippen LogP) is -0.102. The van der Waals surface area contributed by atoms with Crippen LogP contribution in [0.2, 0.25) is 0 Å². The molecule has 7 heteroatoms. The number of anilines is 1. The van der Waals surface area contributed by atoms with E-state index in [0.717, 1.165) is 11.1 Å². The maximum Gasteiger partial charge on any atom is 0.281 e. The number of hydrogen-bond acceptors (Lipinski definition) is 4. The Kier molecular flexibility index (Phi) is 5.26. The highest BCUT2D eigenvalue weighted by Gasteiger charge is 2.11. The largest absolute Gasteiger partial charge is 0.354 e. The lowest BCUT2D eigenvalue weighted by Crippen LogP contribution is -2.88. The summed E-state index contributed by atoms with van der Waals surface area (Å²) in [6.07, 6.45) is 0. The van der Waals surface area contributed by atoms with Gasteiger partial charge in [0.1, 0.15) is 5.69 Å². The topological polar surface area (TPSA) is 101 Å². The van der Waals surface area contributed by atoms with Gasteiger partial charge >= 0.3 is 0 Å². The summed E-state index contributed by atoms with van der Waals surface area (Å²) in [5, 5.41) is 10.6. The van der Waals surface area contributed by atoms with Crippen LogP contribution in [0.15, 0.2) is 34.9 Å². The molecule has 4 N–H and O–H groups in total. The number of hydrogen-bond donors (Lipinski definition) is 3. The molecule has 0 bridgehead atoms. The van der Waals surface area contributed by atoms with Crippen LogP contribution in [0.5, 0.6) is 0 Å². The van der Waals surface area contributed by atoms with E-state index in [2.05, 4.69) is 15.8 Å². The molecule has 7 nitrogen and oxygen atoms in total. The van der Waals surface area contributed by atoms with Gasteiger partial charge in [-0.2, -0.15) is 0 Å². The minimum atomic E-state index is -0.254. The Morgan fingerprint density at radius 2 is 1.86 bits per heavy atom. The fourth-order valence-electron chi connectivity index (χ4n) is 1.82. The first-order valence-electron chi connectivity index (χ1n) is 6.94. The average Bonchev–Trinajstić information content (AvgIpc) is 2.96. The van der Waals surface area contributed by atoms with Gasteiger partial charge in [-0.15, -0.1) is 0 Å². The number of nitrogens with two attached hydrogens (primary N) is 1. The van der Waals surface area contributed by atoms with Crippen molar-refractivity contribution in [3.05, 3.63) is 35.9 Å². The van der Waals surface area contributed by atoms with Crippen LogP contribution in [-0.2, 0) is 9.59 Å². The van der Waals surface area contributed by atoms with E-state index in [1.807, 2.05) is 31.2 Å². The summed E-state index contributed by atoms with van der Waals surface area (Å²) < 4.78 is 5.09. The number of rotatable bonds is 6. The Balaban J connectivity index is 1.87. The van der Waals surface area contributed by atoms with Crippen LogP contribution in [0.4, 0.5) is 5.88 Å². The van der Waals surface area contributed by atoms with E-state index in [4.69, 9.17) is 4.52 Å². The average molecular weight is 303 g/mol. The zero-order valence-corrected chi connectivity index (χ0v) is 12.6. The quantitative estimate of drug-likeness (QED) is 0.693. The summed E-state index contributed by atoms with van der Waals surface area (Å²) in [5.41, 5.74) is 2.73. The number of quaternary nitrogens is 1. The molecule has 0 radical (unpaired) electrons. The number of nitrogens with zero attached hydrogens (tertiary/aromatic N) is 1. The number of carbonyl (C=O) groups excluding carboxylic acids is 2. The van der Waals surface area contributed by atoms with Crippen molar-refractivity contribution >= 4 is 17.7 Å². The van der Waals surface area contributed by atoms with Crippen LogP contribution < -0.4 is 16.0 Å². The minimum Gasteiger partial charge on any atom is -0.354 e. The first kappa shape index (κ1) is 15.7. The van der Waals surface area contributed by atoms with Crippen molar-refractivity contribution in [3.63, 3.8) is 0 Å². The van der Waals surface area contributed by atoms with Crippen molar-refractivity contribution in [2.45, 2.75) is 6.92 Å². The zero-order valence-electron chi connectivity index (χ0n) is 12.6. The van der Waals surface area contributed by atoms with Gasteiger partial charge in [-0.05, 0) is 6.92 Å². The second-order valence-electron chi connectivity index (χ2n) is 4.86. The van der Waals surface area contributed by atoms with Crippen LogP contribution in [-0.4, -0.2) is 37.1 Å². The first-order chi connectivity index (χ1) is 10.6. The number of amides is 2. The van der Waals surface area contributed by atoms with Crippen molar-refractivity contribution in [2.24, 2.45) is 0 Å². The Hall–Kier alpha value is -2.67. The van der Waals surface area contributed by atoms with Gasteiger partial charge in [-0.1, -0.05) is 35.0 Å². The Bertz CT molecular complexity index is 649. The van der Waals surface area contributed by atoms with E-state index < -0.39 is 0 Å². The molecule has 1 aromatic heterocycles. The summed E-state index contributed by atoms with van der Waals surface area (Å²) in [6, 6.07) is 9.51. The molecule has 0 aliphatic rings. The molecule has 0 unspecified atom stereocenters. The van der Waals surface area contributed by atoms with Gasteiger partial charge in [0.2, 0.25) is 5.88 Å². The van der Waals surface area contributed by atoms with E-state index >= 15 is 0 Å². The molecule has 0 aliphatic carbocycles. The number of benzene rings is 1. The standard InChI is InChI=1S/C15H18N4O3/c1-10-3-5-11(6-4-10)12-7-15(22-19-12)18-14(21)9-17-8-13(20)16-2/h3-7,17H,8-9H2,1-2H3,(H,16,20)(H,18,21)/p+1. The van der Waals surface area contributed by atoms with Crippen LogP contribution >= 0.6 is 0 Å². The molecule has 2 amide bonds. The monoisotopic (exact) mass is 303 g/mol. The fraction of sp³-hybridized carbons (Fsp3) is 0.267. The molecular formula is C15H19N4O3+. The van der Waals surface area contributed by atoms with Crippen LogP contribution in [0, 0.1) is 6.92 Å². The summed E-state index contributed by atoms with van der Waals surface area (Å²) in [4.78, 5) is 22.7. The molecule has 22 heavy (non-hydrogen) atoms. The summed E-state index contributed by atoms with van der Waals surface area (Å²) in [6.45, 7) is 2.34. The number of aryl methyl sites for hydroxylation is 1. The molecule has 2 rings (SSSR count). The molecule has 0 saturated carbocycles. The Morgan fingerprint density at radius 3 is 2.55 bits per heavy atom. The van der Waals surface area contributed by atoms with Crippen molar-refractivity contribution in [1.82, 2.24) is 10.5 Å². The molecule has 1 heterocycles. The van der Waals surface area contributed by atoms with Crippen molar-refractivity contribution < 1.29 is 19.4 Å². The van der Waals surface area contributed by atoms with Gasteiger partial charge in [0.15, 0.2) is 13.1 Å². The minimum absolute atomic E-state index is 0.130. The van der Waals surface area contributed by atoms with E-state index in [1.165, 1.54) is 0 Å². The lowest BCUT2D eigenvalue weighted by molar-refractivity contribution is -0.632. The number of carbonyl (C=O) groups is 2. The highest BCUT2D eigenvalue weighted by molar-refractivity contribution is 5.90. The second-order valence-corrected chi connectivity index (χ2v) is 4.86. The third-order valence-corrected chi connectivity index (χ3v) is 3.06. The third kappa shape index (κ3) is 4.42. The van der Waals surface area contributed by atoms with E-state index in [1.54, 1.807) is 18.4 Å². The Morgan fingerprint density at radius 1 is 1.18 bits per heavy atom. The molecular weight excluding hydrogens is 284 g/mol. The molecule has 0 atom stereocenters. The van der Waals surface area contributed by atoms with Crippen molar-refractivity contribution in [2.75, 3.05) is 25.5 Å². The highest BCUT2D eigenvalue weighted by atomic mass is 16.5. The maximum atomic E-state index is 11.7. The fourth-order valence-corrected chi connectivity index (χ4v) is 1.82. The molecule has 116 valence electrons. The van der Waals surface area contributed by atoms with Gasteiger partial charge in [0, 0.05) is 18.7 Å². The van der Waals surface area contributed by atoms with Gasteiger partial charge in [-0.3, -0.25) is 14.9 Å². The van der Waals surface area contributed by atoms with Gasteiger partial charge in [0.25, 0.3) is 11.8 Å². The Labute approximate surface area is 128 Å².